The number of benzene rings is 2. The SMILES string of the molecule is COc1cc2c(Oc3ccc4[nH]c(C)cc4c3)ncnc2cc1OCCCC(=O)N1CCC2(CC1)COC2. The molecule has 9 nitrogen and oxygen atoms in total. The van der Waals surface area contributed by atoms with Gasteiger partial charge < -0.3 is 28.8 Å². The van der Waals surface area contributed by atoms with Gasteiger partial charge >= 0.3 is 0 Å². The van der Waals surface area contributed by atoms with Crippen molar-refractivity contribution in [3.05, 3.63) is 48.4 Å². The number of H-pyrrole nitrogens is 1. The normalized spacial score (nSPS) is 16.5. The Labute approximate surface area is 221 Å². The Hall–Kier alpha value is -3.85. The Morgan fingerprint density at radius 2 is 1.95 bits per heavy atom. The number of hydrogen-bond acceptors (Lipinski definition) is 7. The number of carbonyl (C=O) groups is 1. The summed E-state index contributed by atoms with van der Waals surface area (Å²) < 4.78 is 23.2. The van der Waals surface area contributed by atoms with E-state index < -0.39 is 0 Å². The van der Waals surface area contributed by atoms with Gasteiger partial charge in [-0.2, -0.15) is 0 Å². The van der Waals surface area contributed by atoms with Crippen LogP contribution >= 0.6 is 0 Å². The van der Waals surface area contributed by atoms with Crippen molar-refractivity contribution in [1.29, 1.82) is 0 Å². The number of likely N-dealkylation sites (tertiary alicyclic amines) is 1. The van der Waals surface area contributed by atoms with E-state index in [0.717, 1.165) is 61.1 Å². The van der Waals surface area contributed by atoms with Crippen LogP contribution in [0.5, 0.6) is 23.1 Å². The van der Waals surface area contributed by atoms with E-state index in [-0.39, 0.29) is 5.91 Å². The molecule has 0 atom stereocenters. The molecule has 9 heteroatoms. The van der Waals surface area contributed by atoms with Crippen molar-refractivity contribution in [2.45, 2.75) is 32.6 Å². The van der Waals surface area contributed by atoms with Gasteiger partial charge in [0.15, 0.2) is 11.5 Å². The molecular formula is C29H32N4O5. The van der Waals surface area contributed by atoms with Crippen molar-refractivity contribution in [1.82, 2.24) is 19.9 Å². The lowest BCUT2D eigenvalue weighted by atomic mass is 9.77. The molecule has 4 heterocycles. The molecule has 4 aromatic rings. The molecule has 1 spiro atoms. The maximum atomic E-state index is 12.7. The second-order valence-corrected chi connectivity index (χ2v) is 10.3. The highest BCUT2D eigenvalue weighted by atomic mass is 16.5. The number of hydrogen-bond donors (Lipinski definition) is 1. The van der Waals surface area contributed by atoms with Gasteiger partial charge in [-0.3, -0.25) is 4.79 Å². The highest BCUT2D eigenvalue weighted by molar-refractivity contribution is 5.87. The summed E-state index contributed by atoms with van der Waals surface area (Å²) in [6.07, 6.45) is 4.65. The number of nitrogens with zero attached hydrogens (tertiary/aromatic N) is 3. The molecule has 0 bridgehead atoms. The van der Waals surface area contributed by atoms with Crippen LogP contribution in [0.1, 0.15) is 31.4 Å². The molecule has 1 amide bonds. The molecule has 1 N–H and O–H groups in total. The van der Waals surface area contributed by atoms with Crippen molar-refractivity contribution in [3.8, 4) is 23.1 Å². The van der Waals surface area contributed by atoms with E-state index in [1.807, 2.05) is 42.2 Å². The zero-order chi connectivity index (χ0) is 26.1. The number of piperidine rings is 1. The Kier molecular flexibility index (Phi) is 6.53. The number of methoxy groups -OCH3 is 1. The zero-order valence-electron chi connectivity index (χ0n) is 21.8. The lowest BCUT2D eigenvalue weighted by molar-refractivity contribution is -0.153. The number of aromatic amines is 1. The summed E-state index contributed by atoms with van der Waals surface area (Å²) in [4.78, 5) is 26.7. The highest BCUT2D eigenvalue weighted by Crippen LogP contribution is 2.39. The molecule has 0 aliphatic carbocycles. The molecule has 0 radical (unpaired) electrons. The molecular weight excluding hydrogens is 484 g/mol. The van der Waals surface area contributed by atoms with Crippen molar-refractivity contribution in [2.75, 3.05) is 40.0 Å². The van der Waals surface area contributed by atoms with Gasteiger partial charge in [-0.25, -0.2) is 9.97 Å². The number of carbonyl (C=O) groups excluding carboxylic acids is 1. The average molecular weight is 517 g/mol. The van der Waals surface area contributed by atoms with Gasteiger partial charge in [-0.1, -0.05) is 0 Å². The molecule has 2 fully saturated rings. The fourth-order valence-corrected chi connectivity index (χ4v) is 5.30. The summed E-state index contributed by atoms with van der Waals surface area (Å²) in [7, 11) is 1.60. The second-order valence-electron chi connectivity index (χ2n) is 10.3. The Balaban J connectivity index is 1.09. The number of rotatable bonds is 8. The molecule has 6 rings (SSSR count). The number of aromatic nitrogens is 3. The maximum Gasteiger partial charge on any atom is 0.230 e. The van der Waals surface area contributed by atoms with Crippen LogP contribution in [0.2, 0.25) is 0 Å². The number of aryl methyl sites for hydroxylation is 1. The van der Waals surface area contributed by atoms with Gasteiger partial charge in [0.05, 0.1) is 37.8 Å². The van der Waals surface area contributed by atoms with Crippen molar-refractivity contribution >= 4 is 27.7 Å². The van der Waals surface area contributed by atoms with Crippen LogP contribution in [-0.4, -0.2) is 65.8 Å². The fourth-order valence-electron chi connectivity index (χ4n) is 5.30. The Morgan fingerprint density at radius 1 is 1.11 bits per heavy atom. The van der Waals surface area contributed by atoms with Crippen LogP contribution < -0.4 is 14.2 Å². The van der Waals surface area contributed by atoms with Crippen LogP contribution in [0.15, 0.2) is 42.7 Å². The first-order valence-electron chi connectivity index (χ1n) is 13.1. The molecule has 2 aromatic heterocycles. The van der Waals surface area contributed by atoms with Gasteiger partial charge in [-0.15, -0.1) is 0 Å². The summed E-state index contributed by atoms with van der Waals surface area (Å²) in [5, 5.41) is 1.79. The monoisotopic (exact) mass is 516 g/mol. The van der Waals surface area contributed by atoms with E-state index in [4.69, 9.17) is 18.9 Å². The molecule has 2 aliphatic rings. The predicted octanol–water partition coefficient (Wildman–Crippen LogP) is 5.02. The maximum absolute atomic E-state index is 12.7. The number of amides is 1. The van der Waals surface area contributed by atoms with E-state index in [9.17, 15) is 4.79 Å². The fraction of sp³-hybridized carbons (Fsp3) is 0.414. The largest absolute Gasteiger partial charge is 0.493 e. The van der Waals surface area contributed by atoms with Crippen molar-refractivity contribution in [3.63, 3.8) is 0 Å². The van der Waals surface area contributed by atoms with Gasteiger partial charge in [0.25, 0.3) is 0 Å². The summed E-state index contributed by atoms with van der Waals surface area (Å²) >= 11 is 0. The van der Waals surface area contributed by atoms with Gasteiger partial charge in [0.1, 0.15) is 12.1 Å². The Bertz CT molecular complexity index is 1470. The quantitative estimate of drug-likeness (QED) is 0.328. The minimum absolute atomic E-state index is 0.191. The topological polar surface area (TPSA) is 98.8 Å². The lowest BCUT2D eigenvalue weighted by Crippen LogP contribution is -2.52. The summed E-state index contributed by atoms with van der Waals surface area (Å²) in [5.74, 6) is 2.45. The lowest BCUT2D eigenvalue weighted by Gasteiger charge is -2.47. The summed E-state index contributed by atoms with van der Waals surface area (Å²) in [6, 6.07) is 11.6. The molecule has 0 unspecified atom stereocenters. The predicted molar refractivity (Wildman–Crippen MR) is 143 cm³/mol. The third-order valence-electron chi connectivity index (χ3n) is 7.61. The molecule has 38 heavy (non-hydrogen) atoms. The van der Waals surface area contributed by atoms with Crippen LogP contribution in [0.3, 0.4) is 0 Å². The molecule has 2 aliphatic heterocycles. The minimum atomic E-state index is 0.191. The van der Waals surface area contributed by atoms with E-state index in [1.54, 1.807) is 7.11 Å². The van der Waals surface area contributed by atoms with E-state index >= 15 is 0 Å². The minimum Gasteiger partial charge on any atom is -0.493 e. The molecule has 2 saturated heterocycles. The van der Waals surface area contributed by atoms with Crippen LogP contribution in [-0.2, 0) is 9.53 Å². The van der Waals surface area contributed by atoms with E-state index in [0.29, 0.717) is 53.5 Å². The summed E-state index contributed by atoms with van der Waals surface area (Å²) in [6.45, 7) is 5.77. The molecule has 198 valence electrons. The van der Waals surface area contributed by atoms with Crippen LogP contribution in [0, 0.1) is 12.3 Å². The Morgan fingerprint density at radius 3 is 2.71 bits per heavy atom. The number of ether oxygens (including phenoxy) is 4. The van der Waals surface area contributed by atoms with Gasteiger partial charge in [0.2, 0.25) is 11.8 Å². The zero-order valence-corrected chi connectivity index (χ0v) is 21.8. The first-order valence-corrected chi connectivity index (χ1v) is 13.1. The average Bonchev–Trinajstić information content (AvgIpc) is 3.29. The van der Waals surface area contributed by atoms with Gasteiger partial charge in [0, 0.05) is 47.6 Å². The standard InChI is InChI=1S/C29H32N4O5/c1-19-12-20-13-21(5-6-23(20)32-19)38-28-22-14-25(35-2)26(15-24(22)30-18-31-28)37-11-3-4-27(34)33-9-7-29(8-10-33)16-36-17-29/h5-6,12-15,18,32H,3-4,7-11,16-17H2,1-2H3. The van der Waals surface area contributed by atoms with E-state index in [2.05, 4.69) is 21.0 Å². The third kappa shape index (κ3) is 4.86. The smallest absolute Gasteiger partial charge is 0.230 e. The highest BCUT2D eigenvalue weighted by Gasteiger charge is 2.41. The van der Waals surface area contributed by atoms with E-state index in [1.165, 1.54) is 6.33 Å². The molecule has 2 aromatic carbocycles. The van der Waals surface area contributed by atoms with Crippen LogP contribution in [0.25, 0.3) is 21.8 Å². The summed E-state index contributed by atoms with van der Waals surface area (Å²) in [5.41, 5.74) is 3.16. The number of fused-ring (bicyclic) bond motifs is 2. The first-order chi connectivity index (χ1) is 18.5. The number of nitrogens with one attached hydrogen (secondary N) is 1. The van der Waals surface area contributed by atoms with Gasteiger partial charge in [-0.05, 0) is 56.5 Å². The van der Waals surface area contributed by atoms with Crippen LogP contribution in [0.4, 0.5) is 0 Å². The van der Waals surface area contributed by atoms with Crippen molar-refractivity contribution < 1.29 is 23.7 Å². The van der Waals surface area contributed by atoms with Crippen molar-refractivity contribution in [2.24, 2.45) is 5.41 Å². The first kappa shape index (κ1) is 24.5. The third-order valence-corrected chi connectivity index (χ3v) is 7.61. The second kappa shape index (κ2) is 10.1. The molecule has 0 saturated carbocycles.